The monoisotopic (exact) mass is 310 g/mol. The van der Waals surface area contributed by atoms with Crippen LogP contribution in [0.3, 0.4) is 0 Å². The number of aromatic carboxylic acids is 1. The summed E-state index contributed by atoms with van der Waals surface area (Å²) in [7, 11) is 0. The number of anilines is 1. The van der Waals surface area contributed by atoms with Gasteiger partial charge in [-0.1, -0.05) is 38.3 Å². The summed E-state index contributed by atoms with van der Waals surface area (Å²) in [5, 5.41) is 12.6. The molecule has 116 valence electrons. The molecule has 0 unspecified atom stereocenters. The van der Waals surface area contributed by atoms with Crippen molar-refractivity contribution in [3.05, 3.63) is 22.8 Å². The lowest BCUT2D eigenvalue weighted by molar-refractivity contribution is 0.0697. The van der Waals surface area contributed by atoms with Gasteiger partial charge in [0, 0.05) is 12.7 Å². The Kier molecular flexibility index (Phi) is 5.09. The van der Waals surface area contributed by atoms with Crippen molar-refractivity contribution in [3.8, 4) is 0 Å². The molecule has 1 aliphatic carbocycles. The fraction of sp³-hybridized carbons (Fsp3) is 0.625. The fourth-order valence-electron chi connectivity index (χ4n) is 3.45. The maximum Gasteiger partial charge on any atom is 0.337 e. The zero-order valence-electron chi connectivity index (χ0n) is 12.7. The van der Waals surface area contributed by atoms with Crippen LogP contribution in [0.4, 0.5) is 5.82 Å². The summed E-state index contributed by atoms with van der Waals surface area (Å²) in [5.74, 6) is 0.105. The summed E-state index contributed by atoms with van der Waals surface area (Å²) in [6.07, 6.45) is 7.63. The van der Waals surface area contributed by atoms with Crippen LogP contribution < -0.4 is 5.32 Å². The topological polar surface area (TPSA) is 62.2 Å². The van der Waals surface area contributed by atoms with Crippen molar-refractivity contribution in [1.82, 2.24) is 4.98 Å². The Bertz CT molecular complexity index is 511. The van der Waals surface area contributed by atoms with Gasteiger partial charge in [0.1, 0.15) is 5.82 Å². The number of halogens is 1. The smallest absolute Gasteiger partial charge is 0.337 e. The number of hydrogen-bond acceptors (Lipinski definition) is 3. The predicted octanol–water partition coefficient (Wildman–Crippen LogP) is 4.45. The molecular formula is C16H23ClN2O2. The average molecular weight is 311 g/mol. The first-order chi connectivity index (χ1) is 9.93. The summed E-state index contributed by atoms with van der Waals surface area (Å²) in [5.41, 5.74) is 0.386. The van der Waals surface area contributed by atoms with Crippen molar-refractivity contribution in [2.24, 2.45) is 11.3 Å². The SMILES string of the molecule is CC(C)CC1(CNc2nccc(C(=O)O)c2Cl)CCCC1. The Balaban J connectivity index is 2.11. The van der Waals surface area contributed by atoms with Gasteiger partial charge in [-0.2, -0.15) is 0 Å². The zero-order chi connectivity index (χ0) is 15.5. The van der Waals surface area contributed by atoms with E-state index in [2.05, 4.69) is 24.1 Å². The van der Waals surface area contributed by atoms with E-state index in [1.54, 1.807) is 0 Å². The van der Waals surface area contributed by atoms with E-state index in [0.717, 1.165) is 6.54 Å². The molecular weight excluding hydrogens is 288 g/mol. The molecule has 1 fully saturated rings. The number of nitrogens with one attached hydrogen (secondary N) is 1. The van der Waals surface area contributed by atoms with Crippen molar-refractivity contribution >= 4 is 23.4 Å². The second-order valence-corrected chi connectivity index (χ2v) is 6.86. The third-order valence-corrected chi connectivity index (χ3v) is 4.64. The van der Waals surface area contributed by atoms with Gasteiger partial charge in [0.05, 0.1) is 10.6 Å². The van der Waals surface area contributed by atoms with Crippen LogP contribution in [0.25, 0.3) is 0 Å². The Morgan fingerprint density at radius 3 is 2.71 bits per heavy atom. The number of hydrogen-bond donors (Lipinski definition) is 2. The predicted molar refractivity (Wildman–Crippen MR) is 85.1 cm³/mol. The molecule has 1 aromatic rings. The van der Waals surface area contributed by atoms with Crippen LogP contribution in [0.2, 0.25) is 5.02 Å². The van der Waals surface area contributed by atoms with Crippen LogP contribution in [0.5, 0.6) is 0 Å². The van der Waals surface area contributed by atoms with Gasteiger partial charge in [0.2, 0.25) is 0 Å². The molecule has 0 spiro atoms. The largest absolute Gasteiger partial charge is 0.478 e. The van der Waals surface area contributed by atoms with Crippen molar-refractivity contribution < 1.29 is 9.90 Å². The van der Waals surface area contributed by atoms with E-state index < -0.39 is 5.97 Å². The molecule has 5 heteroatoms. The van der Waals surface area contributed by atoms with Gasteiger partial charge in [-0.3, -0.25) is 0 Å². The van der Waals surface area contributed by atoms with E-state index in [1.165, 1.54) is 44.4 Å². The van der Waals surface area contributed by atoms with E-state index in [4.69, 9.17) is 16.7 Å². The molecule has 0 aromatic carbocycles. The van der Waals surface area contributed by atoms with Crippen LogP contribution in [-0.4, -0.2) is 22.6 Å². The van der Waals surface area contributed by atoms with Crippen LogP contribution in [0.1, 0.15) is 56.3 Å². The standard InChI is InChI=1S/C16H23ClN2O2/c1-11(2)9-16(6-3-4-7-16)10-19-14-13(17)12(15(20)21)5-8-18-14/h5,8,11H,3-4,6-7,9-10H2,1-2H3,(H,18,19)(H,20,21). The molecule has 2 rings (SSSR count). The van der Waals surface area contributed by atoms with E-state index in [-0.39, 0.29) is 10.6 Å². The van der Waals surface area contributed by atoms with Crippen molar-refractivity contribution in [2.75, 3.05) is 11.9 Å². The number of rotatable bonds is 6. The molecule has 1 heterocycles. The molecule has 0 saturated heterocycles. The normalized spacial score (nSPS) is 17.1. The van der Waals surface area contributed by atoms with Gasteiger partial charge in [0.15, 0.2) is 0 Å². The zero-order valence-corrected chi connectivity index (χ0v) is 13.4. The minimum Gasteiger partial charge on any atom is -0.478 e. The average Bonchev–Trinajstić information content (AvgIpc) is 2.85. The summed E-state index contributed by atoms with van der Waals surface area (Å²) < 4.78 is 0. The van der Waals surface area contributed by atoms with Gasteiger partial charge >= 0.3 is 5.97 Å². The number of aromatic nitrogens is 1. The summed E-state index contributed by atoms with van der Waals surface area (Å²) in [6.45, 7) is 5.30. The van der Waals surface area contributed by atoms with Crippen molar-refractivity contribution in [3.63, 3.8) is 0 Å². The molecule has 1 saturated carbocycles. The van der Waals surface area contributed by atoms with E-state index >= 15 is 0 Å². The van der Waals surface area contributed by atoms with Crippen molar-refractivity contribution in [2.45, 2.75) is 46.0 Å². The minimum absolute atomic E-state index is 0.0958. The first-order valence-electron chi connectivity index (χ1n) is 7.55. The molecule has 0 amide bonds. The Morgan fingerprint density at radius 1 is 1.48 bits per heavy atom. The van der Waals surface area contributed by atoms with Gasteiger partial charge in [-0.15, -0.1) is 0 Å². The number of carboxylic acids is 1. The van der Waals surface area contributed by atoms with E-state index in [9.17, 15) is 4.79 Å². The van der Waals surface area contributed by atoms with Crippen LogP contribution >= 0.6 is 11.6 Å². The van der Waals surface area contributed by atoms with E-state index in [1.807, 2.05) is 0 Å². The molecule has 2 N–H and O–H groups in total. The molecule has 0 radical (unpaired) electrons. The third kappa shape index (κ3) is 3.88. The lowest BCUT2D eigenvalue weighted by atomic mass is 9.78. The first-order valence-corrected chi connectivity index (χ1v) is 7.93. The Hall–Kier alpha value is -1.29. The van der Waals surface area contributed by atoms with Crippen LogP contribution in [-0.2, 0) is 0 Å². The maximum atomic E-state index is 11.1. The second-order valence-electron chi connectivity index (χ2n) is 6.48. The van der Waals surface area contributed by atoms with Gasteiger partial charge in [-0.05, 0) is 36.7 Å². The minimum atomic E-state index is -1.02. The summed E-state index contributed by atoms with van der Waals surface area (Å²) >= 11 is 6.13. The highest BCUT2D eigenvalue weighted by atomic mass is 35.5. The summed E-state index contributed by atoms with van der Waals surface area (Å²) in [6, 6.07) is 1.43. The highest BCUT2D eigenvalue weighted by Crippen LogP contribution is 2.43. The van der Waals surface area contributed by atoms with Gasteiger partial charge in [-0.25, -0.2) is 9.78 Å². The molecule has 0 atom stereocenters. The molecule has 1 aromatic heterocycles. The number of carbonyl (C=O) groups is 1. The van der Waals surface area contributed by atoms with Gasteiger partial charge in [0.25, 0.3) is 0 Å². The van der Waals surface area contributed by atoms with Crippen molar-refractivity contribution in [1.29, 1.82) is 0 Å². The summed E-state index contributed by atoms with van der Waals surface area (Å²) in [4.78, 5) is 15.3. The van der Waals surface area contributed by atoms with Crippen LogP contribution in [0.15, 0.2) is 12.3 Å². The first kappa shape index (κ1) is 16.1. The highest BCUT2D eigenvalue weighted by molar-refractivity contribution is 6.35. The highest BCUT2D eigenvalue weighted by Gasteiger charge is 2.34. The van der Waals surface area contributed by atoms with Crippen LogP contribution in [0, 0.1) is 11.3 Å². The molecule has 21 heavy (non-hydrogen) atoms. The van der Waals surface area contributed by atoms with Gasteiger partial charge < -0.3 is 10.4 Å². The maximum absolute atomic E-state index is 11.1. The number of pyridine rings is 1. The fourth-order valence-corrected chi connectivity index (χ4v) is 3.71. The third-order valence-electron chi connectivity index (χ3n) is 4.26. The molecule has 0 bridgehead atoms. The molecule has 1 aliphatic rings. The second kappa shape index (κ2) is 6.65. The number of carboxylic acid groups (broad SMARTS) is 1. The lowest BCUT2D eigenvalue weighted by Crippen LogP contribution is -2.29. The lowest BCUT2D eigenvalue weighted by Gasteiger charge is -2.31. The Labute approximate surface area is 130 Å². The number of nitrogens with zero attached hydrogens (tertiary/aromatic N) is 1. The van der Waals surface area contributed by atoms with E-state index in [0.29, 0.717) is 17.2 Å². The molecule has 0 aliphatic heterocycles. The Morgan fingerprint density at radius 2 is 2.14 bits per heavy atom. The quantitative estimate of drug-likeness (QED) is 0.814. The molecule has 4 nitrogen and oxygen atoms in total.